The number of carbonyl (C=O) groups excluding carboxylic acids is 1. The second kappa shape index (κ2) is 7.14. The van der Waals surface area contributed by atoms with Crippen molar-refractivity contribution in [3.8, 4) is 0 Å². The molecule has 1 saturated heterocycles. The number of benzene rings is 1. The fourth-order valence-electron chi connectivity index (χ4n) is 2.71. The van der Waals surface area contributed by atoms with Gasteiger partial charge in [-0.2, -0.15) is 0 Å². The lowest BCUT2D eigenvalue weighted by Crippen LogP contribution is -2.42. The van der Waals surface area contributed by atoms with Crippen LogP contribution in [0.4, 0.5) is 11.4 Å². The molecule has 0 saturated carbocycles. The number of hydrogen-bond acceptors (Lipinski definition) is 3. The quantitative estimate of drug-likeness (QED) is 0.842. The molecule has 1 aliphatic heterocycles. The third-order valence-electron chi connectivity index (χ3n) is 4.25. The molecule has 0 aliphatic carbocycles. The van der Waals surface area contributed by atoms with Crippen LogP contribution in [0.15, 0.2) is 18.2 Å². The molecule has 3 N–H and O–H groups in total. The summed E-state index contributed by atoms with van der Waals surface area (Å²) in [6.45, 7) is 6.18. The summed E-state index contributed by atoms with van der Waals surface area (Å²) in [5.74, 6) is 0.715. The fraction of sp³-hybridized carbons (Fsp3) is 0.562. The van der Waals surface area contributed by atoms with Crippen LogP contribution in [-0.2, 0) is 4.79 Å². The molecule has 1 amide bonds. The van der Waals surface area contributed by atoms with Gasteiger partial charge in [0, 0.05) is 5.02 Å². The molecular weight excluding hydrogens is 286 g/mol. The average molecular weight is 310 g/mol. The maximum atomic E-state index is 12.4. The van der Waals surface area contributed by atoms with Crippen molar-refractivity contribution in [1.29, 1.82) is 0 Å². The van der Waals surface area contributed by atoms with Crippen molar-refractivity contribution in [2.24, 2.45) is 5.92 Å². The van der Waals surface area contributed by atoms with E-state index in [-0.39, 0.29) is 11.9 Å². The summed E-state index contributed by atoms with van der Waals surface area (Å²) in [6, 6.07) is 4.95. The molecule has 1 aliphatic rings. The summed E-state index contributed by atoms with van der Waals surface area (Å²) in [5.41, 5.74) is 6.99. The van der Waals surface area contributed by atoms with Crippen LogP contribution in [0.2, 0.25) is 5.02 Å². The molecule has 1 aromatic rings. The Hall–Kier alpha value is -1.26. The number of hydrogen-bond donors (Lipinski definition) is 2. The fourth-order valence-corrected chi connectivity index (χ4v) is 2.88. The lowest BCUT2D eigenvalue weighted by molar-refractivity contribution is -0.120. The minimum Gasteiger partial charge on any atom is -0.397 e. The number of carbonyl (C=O) groups is 1. The van der Waals surface area contributed by atoms with Crippen LogP contribution in [0, 0.1) is 5.92 Å². The largest absolute Gasteiger partial charge is 0.397 e. The number of rotatable bonds is 3. The average Bonchev–Trinajstić information content (AvgIpc) is 2.67. The molecule has 1 fully saturated rings. The van der Waals surface area contributed by atoms with Gasteiger partial charge in [-0.15, -0.1) is 0 Å². The first kappa shape index (κ1) is 16.1. The lowest BCUT2D eigenvalue weighted by Gasteiger charge is -2.26. The van der Waals surface area contributed by atoms with Crippen LogP contribution in [0.25, 0.3) is 0 Å². The van der Waals surface area contributed by atoms with Gasteiger partial charge < -0.3 is 11.1 Å². The van der Waals surface area contributed by atoms with Gasteiger partial charge in [-0.25, -0.2) is 0 Å². The summed E-state index contributed by atoms with van der Waals surface area (Å²) in [4.78, 5) is 14.7. The Morgan fingerprint density at radius 2 is 2.19 bits per heavy atom. The number of anilines is 2. The van der Waals surface area contributed by atoms with E-state index < -0.39 is 0 Å². The van der Waals surface area contributed by atoms with Gasteiger partial charge in [-0.05, 0) is 63.4 Å². The van der Waals surface area contributed by atoms with Crippen LogP contribution in [0.5, 0.6) is 0 Å². The van der Waals surface area contributed by atoms with Crippen molar-refractivity contribution in [2.45, 2.75) is 39.2 Å². The standard InChI is InChI=1S/C16H24ClN3O/c1-11-4-3-8-20(9-7-11)12(2)16(21)19-15-10-13(17)5-6-14(15)18/h5-6,10-12H,3-4,7-9,18H2,1-2H3,(H,19,21). The highest BCUT2D eigenvalue weighted by atomic mass is 35.5. The van der Waals surface area contributed by atoms with Crippen molar-refractivity contribution in [3.63, 3.8) is 0 Å². The predicted molar refractivity (Wildman–Crippen MR) is 88.5 cm³/mol. The molecule has 2 atom stereocenters. The Bertz CT molecular complexity index is 506. The topological polar surface area (TPSA) is 58.4 Å². The summed E-state index contributed by atoms with van der Waals surface area (Å²) in [7, 11) is 0. The van der Waals surface area contributed by atoms with Gasteiger partial charge in [0.2, 0.25) is 5.91 Å². The smallest absolute Gasteiger partial charge is 0.241 e. The number of amides is 1. The highest BCUT2D eigenvalue weighted by Gasteiger charge is 2.24. The lowest BCUT2D eigenvalue weighted by atomic mass is 10.0. The van der Waals surface area contributed by atoms with Crippen LogP contribution < -0.4 is 11.1 Å². The normalized spacial score (nSPS) is 21.6. The van der Waals surface area contributed by atoms with E-state index in [1.165, 1.54) is 6.42 Å². The van der Waals surface area contributed by atoms with E-state index >= 15 is 0 Å². The Morgan fingerprint density at radius 1 is 1.43 bits per heavy atom. The van der Waals surface area contributed by atoms with Gasteiger partial charge in [0.1, 0.15) is 0 Å². The number of likely N-dealkylation sites (tertiary alicyclic amines) is 1. The second-order valence-corrected chi connectivity index (χ2v) is 6.41. The third kappa shape index (κ3) is 4.35. The number of nitrogens with one attached hydrogen (secondary N) is 1. The summed E-state index contributed by atoms with van der Waals surface area (Å²) >= 11 is 5.95. The van der Waals surface area contributed by atoms with Crippen LogP contribution >= 0.6 is 11.6 Å². The van der Waals surface area contributed by atoms with Gasteiger partial charge in [0.05, 0.1) is 17.4 Å². The molecule has 1 heterocycles. The summed E-state index contributed by atoms with van der Waals surface area (Å²) in [5, 5.41) is 3.46. The molecule has 0 bridgehead atoms. The highest BCUT2D eigenvalue weighted by Crippen LogP contribution is 2.24. The minimum atomic E-state index is -0.159. The summed E-state index contributed by atoms with van der Waals surface area (Å²) in [6.07, 6.45) is 3.54. The molecule has 4 nitrogen and oxygen atoms in total. The monoisotopic (exact) mass is 309 g/mol. The number of nitrogens with zero attached hydrogens (tertiary/aromatic N) is 1. The number of nitrogen functional groups attached to an aromatic ring is 1. The number of halogens is 1. The highest BCUT2D eigenvalue weighted by molar-refractivity contribution is 6.31. The van der Waals surface area contributed by atoms with E-state index in [1.54, 1.807) is 18.2 Å². The Morgan fingerprint density at radius 3 is 2.95 bits per heavy atom. The molecule has 0 spiro atoms. The van der Waals surface area contributed by atoms with E-state index in [1.807, 2.05) is 6.92 Å². The molecule has 21 heavy (non-hydrogen) atoms. The number of nitrogens with two attached hydrogens (primary N) is 1. The first-order valence-electron chi connectivity index (χ1n) is 7.57. The molecule has 1 aromatic carbocycles. The van der Waals surface area contributed by atoms with E-state index in [2.05, 4.69) is 17.1 Å². The zero-order chi connectivity index (χ0) is 15.4. The van der Waals surface area contributed by atoms with Gasteiger partial charge in [0.15, 0.2) is 0 Å². The van der Waals surface area contributed by atoms with Crippen molar-refractivity contribution in [1.82, 2.24) is 4.90 Å². The third-order valence-corrected chi connectivity index (χ3v) is 4.49. The molecule has 2 rings (SSSR count). The van der Waals surface area contributed by atoms with Crippen molar-refractivity contribution in [3.05, 3.63) is 23.2 Å². The Balaban J connectivity index is 2.00. The van der Waals surface area contributed by atoms with Crippen molar-refractivity contribution in [2.75, 3.05) is 24.1 Å². The summed E-state index contributed by atoms with van der Waals surface area (Å²) < 4.78 is 0. The van der Waals surface area contributed by atoms with Gasteiger partial charge >= 0.3 is 0 Å². The maximum absolute atomic E-state index is 12.4. The van der Waals surface area contributed by atoms with Gasteiger partial charge in [-0.1, -0.05) is 18.5 Å². The first-order valence-corrected chi connectivity index (χ1v) is 7.95. The maximum Gasteiger partial charge on any atom is 0.241 e. The van der Waals surface area contributed by atoms with Crippen LogP contribution in [0.3, 0.4) is 0 Å². The van der Waals surface area contributed by atoms with E-state index in [4.69, 9.17) is 17.3 Å². The molecule has 0 aromatic heterocycles. The zero-order valence-electron chi connectivity index (χ0n) is 12.7. The second-order valence-electron chi connectivity index (χ2n) is 5.97. The van der Waals surface area contributed by atoms with E-state index in [9.17, 15) is 4.79 Å². The molecule has 5 heteroatoms. The molecular formula is C16H24ClN3O. The molecule has 0 radical (unpaired) electrons. The van der Waals surface area contributed by atoms with Gasteiger partial charge in [0.25, 0.3) is 0 Å². The van der Waals surface area contributed by atoms with Crippen molar-refractivity contribution >= 4 is 28.9 Å². The van der Waals surface area contributed by atoms with E-state index in [0.29, 0.717) is 16.4 Å². The SMILES string of the molecule is CC1CCCN(C(C)C(=O)Nc2cc(Cl)ccc2N)CC1. The van der Waals surface area contributed by atoms with Crippen LogP contribution in [-0.4, -0.2) is 29.9 Å². The Kier molecular flexibility index (Phi) is 5.48. The van der Waals surface area contributed by atoms with Crippen LogP contribution in [0.1, 0.15) is 33.1 Å². The molecule has 116 valence electrons. The minimum absolute atomic E-state index is 0.0291. The zero-order valence-corrected chi connectivity index (χ0v) is 13.5. The van der Waals surface area contributed by atoms with Gasteiger partial charge in [-0.3, -0.25) is 9.69 Å². The molecule has 2 unspecified atom stereocenters. The Labute approximate surface area is 131 Å². The van der Waals surface area contributed by atoms with E-state index in [0.717, 1.165) is 31.8 Å². The first-order chi connectivity index (χ1) is 9.97. The predicted octanol–water partition coefficient (Wildman–Crippen LogP) is 3.37. The van der Waals surface area contributed by atoms with Crippen molar-refractivity contribution < 1.29 is 4.79 Å².